The van der Waals surface area contributed by atoms with Crippen molar-refractivity contribution in [1.82, 2.24) is 9.78 Å². The first-order valence-corrected chi connectivity index (χ1v) is 8.36. The van der Waals surface area contributed by atoms with Gasteiger partial charge in [0, 0.05) is 16.8 Å². The maximum atomic E-state index is 13.6. The summed E-state index contributed by atoms with van der Waals surface area (Å²) in [4.78, 5) is 0. The highest BCUT2D eigenvalue weighted by Crippen LogP contribution is 2.43. The Morgan fingerprint density at radius 3 is 2.50 bits per heavy atom. The molecule has 1 aliphatic heterocycles. The number of aromatic nitrogens is 2. The Balaban J connectivity index is 1.96. The number of benzene rings is 2. The third kappa shape index (κ3) is 2.57. The molecule has 4 rings (SSSR count). The van der Waals surface area contributed by atoms with Crippen LogP contribution in [0.4, 0.5) is 18.9 Å². The van der Waals surface area contributed by atoms with Crippen LogP contribution in [0.1, 0.15) is 34.1 Å². The molecule has 0 amide bonds. The molecule has 1 aromatic heterocycles. The van der Waals surface area contributed by atoms with Crippen molar-refractivity contribution in [3.63, 3.8) is 0 Å². The highest BCUT2D eigenvalue weighted by molar-refractivity contribution is 5.82. The lowest BCUT2D eigenvalue weighted by atomic mass is 9.96. The van der Waals surface area contributed by atoms with Crippen LogP contribution in [0.3, 0.4) is 0 Å². The summed E-state index contributed by atoms with van der Waals surface area (Å²) < 4.78 is 42.3. The van der Waals surface area contributed by atoms with Crippen molar-refractivity contribution in [1.29, 1.82) is 0 Å². The van der Waals surface area contributed by atoms with Gasteiger partial charge in [-0.25, -0.2) is 4.68 Å². The monoisotopic (exact) mass is 357 g/mol. The topological polar surface area (TPSA) is 29.9 Å². The van der Waals surface area contributed by atoms with Crippen LogP contribution in [0.5, 0.6) is 0 Å². The van der Waals surface area contributed by atoms with Crippen LogP contribution in [-0.4, -0.2) is 9.78 Å². The summed E-state index contributed by atoms with van der Waals surface area (Å²) in [5.41, 5.74) is 5.02. The summed E-state index contributed by atoms with van der Waals surface area (Å²) in [6.45, 7) is 5.82. The summed E-state index contributed by atoms with van der Waals surface area (Å²) >= 11 is 0. The maximum Gasteiger partial charge on any atom is 0.416 e. The van der Waals surface area contributed by atoms with Crippen molar-refractivity contribution in [3.05, 3.63) is 70.4 Å². The molecule has 0 fully saturated rings. The zero-order valence-corrected chi connectivity index (χ0v) is 14.6. The predicted molar refractivity (Wildman–Crippen MR) is 95.1 cm³/mol. The number of halogens is 3. The van der Waals surface area contributed by atoms with Gasteiger partial charge in [-0.3, -0.25) is 0 Å². The standard InChI is InChI=1S/C20H18F3N3/c1-11-8-12(2)18-15(9-11)17-10-13(3)25-26(17)19(24-18)14-6-4-5-7-16(14)20(21,22)23/h4-10,19,24H,1-3H3/t19-/m0/s1. The number of hydrogen-bond acceptors (Lipinski definition) is 2. The Kier molecular flexibility index (Phi) is 3.61. The number of rotatable bonds is 1. The van der Waals surface area contributed by atoms with Crippen LogP contribution >= 0.6 is 0 Å². The fourth-order valence-corrected chi connectivity index (χ4v) is 3.68. The molecular weight excluding hydrogens is 339 g/mol. The fraction of sp³-hybridized carbons (Fsp3) is 0.250. The highest BCUT2D eigenvalue weighted by Gasteiger charge is 2.37. The highest BCUT2D eigenvalue weighted by atomic mass is 19.4. The number of fused-ring (bicyclic) bond motifs is 3. The lowest BCUT2D eigenvalue weighted by molar-refractivity contribution is -0.138. The second-order valence-electron chi connectivity index (χ2n) is 6.75. The van der Waals surface area contributed by atoms with Gasteiger partial charge in [-0.2, -0.15) is 18.3 Å². The molecule has 0 saturated carbocycles. The molecule has 2 heterocycles. The van der Waals surface area contributed by atoms with E-state index in [0.29, 0.717) is 0 Å². The third-order valence-electron chi connectivity index (χ3n) is 4.70. The Labute approximate surface area is 149 Å². The van der Waals surface area contributed by atoms with Crippen molar-refractivity contribution in [3.8, 4) is 11.3 Å². The first-order chi connectivity index (χ1) is 12.3. The van der Waals surface area contributed by atoms with E-state index in [1.807, 2.05) is 39.0 Å². The summed E-state index contributed by atoms with van der Waals surface area (Å²) in [6, 6.07) is 11.6. The quantitative estimate of drug-likeness (QED) is 0.626. The molecule has 134 valence electrons. The zero-order valence-electron chi connectivity index (χ0n) is 14.6. The second-order valence-corrected chi connectivity index (χ2v) is 6.75. The molecule has 2 aromatic carbocycles. The van der Waals surface area contributed by atoms with E-state index >= 15 is 0 Å². The molecule has 3 nitrogen and oxygen atoms in total. The minimum Gasteiger partial charge on any atom is -0.359 e. The number of alkyl halides is 3. The van der Waals surface area contributed by atoms with E-state index in [2.05, 4.69) is 10.4 Å². The van der Waals surface area contributed by atoms with Crippen LogP contribution in [-0.2, 0) is 6.18 Å². The maximum absolute atomic E-state index is 13.6. The molecule has 1 atom stereocenters. The first kappa shape index (κ1) is 16.7. The van der Waals surface area contributed by atoms with E-state index in [1.165, 1.54) is 12.1 Å². The van der Waals surface area contributed by atoms with E-state index in [1.54, 1.807) is 10.7 Å². The number of nitrogens with zero attached hydrogens (tertiary/aromatic N) is 2. The summed E-state index contributed by atoms with van der Waals surface area (Å²) in [5, 5.41) is 7.77. The molecule has 1 N–H and O–H groups in total. The van der Waals surface area contributed by atoms with E-state index in [-0.39, 0.29) is 5.56 Å². The van der Waals surface area contributed by atoms with E-state index in [4.69, 9.17) is 0 Å². The molecular formula is C20H18F3N3. The summed E-state index contributed by atoms with van der Waals surface area (Å²) in [6.07, 6.45) is -5.14. The molecule has 0 saturated heterocycles. The van der Waals surface area contributed by atoms with Gasteiger partial charge in [-0.15, -0.1) is 0 Å². The Morgan fingerprint density at radius 2 is 1.77 bits per heavy atom. The van der Waals surface area contributed by atoms with Crippen LogP contribution in [0.25, 0.3) is 11.3 Å². The SMILES string of the molecule is Cc1cc(C)c2c(c1)-c1cc(C)nn1[C@@H](c1ccccc1C(F)(F)F)N2. The summed E-state index contributed by atoms with van der Waals surface area (Å²) in [7, 11) is 0. The average Bonchev–Trinajstić information content (AvgIpc) is 2.95. The lowest BCUT2D eigenvalue weighted by Crippen LogP contribution is -2.28. The molecule has 0 aliphatic carbocycles. The van der Waals surface area contributed by atoms with Crippen LogP contribution in [0.15, 0.2) is 42.5 Å². The van der Waals surface area contributed by atoms with Gasteiger partial charge in [-0.1, -0.05) is 29.8 Å². The van der Waals surface area contributed by atoms with Gasteiger partial charge in [-0.05, 0) is 44.5 Å². The van der Waals surface area contributed by atoms with Crippen LogP contribution in [0, 0.1) is 20.8 Å². The zero-order chi connectivity index (χ0) is 18.6. The van der Waals surface area contributed by atoms with Gasteiger partial charge in [0.1, 0.15) is 6.17 Å². The molecule has 0 unspecified atom stereocenters. The normalized spacial score (nSPS) is 16.0. The molecule has 3 aromatic rings. The smallest absolute Gasteiger partial charge is 0.359 e. The number of anilines is 1. The Hall–Kier alpha value is -2.76. The van der Waals surface area contributed by atoms with Gasteiger partial charge >= 0.3 is 6.18 Å². The molecule has 6 heteroatoms. The van der Waals surface area contributed by atoms with Gasteiger partial charge in [0.15, 0.2) is 0 Å². The molecule has 1 aliphatic rings. The van der Waals surface area contributed by atoms with E-state index < -0.39 is 17.9 Å². The third-order valence-corrected chi connectivity index (χ3v) is 4.70. The molecule has 26 heavy (non-hydrogen) atoms. The molecule has 0 radical (unpaired) electrons. The fourth-order valence-electron chi connectivity index (χ4n) is 3.68. The van der Waals surface area contributed by atoms with Crippen molar-refractivity contribution in [2.45, 2.75) is 33.1 Å². The minimum atomic E-state index is -4.43. The van der Waals surface area contributed by atoms with E-state index in [9.17, 15) is 13.2 Å². The molecule has 0 spiro atoms. The average molecular weight is 357 g/mol. The minimum absolute atomic E-state index is 0.162. The van der Waals surface area contributed by atoms with Gasteiger partial charge in [0.2, 0.25) is 0 Å². The van der Waals surface area contributed by atoms with Crippen molar-refractivity contribution in [2.75, 3.05) is 5.32 Å². The van der Waals surface area contributed by atoms with E-state index in [0.717, 1.165) is 39.8 Å². The van der Waals surface area contributed by atoms with Crippen LogP contribution < -0.4 is 5.32 Å². The first-order valence-electron chi connectivity index (χ1n) is 8.36. The van der Waals surface area contributed by atoms with Gasteiger partial charge in [0.05, 0.1) is 17.0 Å². The number of nitrogens with one attached hydrogen (secondary N) is 1. The predicted octanol–water partition coefficient (Wildman–Crippen LogP) is 5.47. The number of aryl methyl sites for hydroxylation is 3. The van der Waals surface area contributed by atoms with Crippen molar-refractivity contribution >= 4 is 5.69 Å². The van der Waals surface area contributed by atoms with Crippen molar-refractivity contribution < 1.29 is 13.2 Å². The van der Waals surface area contributed by atoms with Crippen LogP contribution in [0.2, 0.25) is 0 Å². The van der Waals surface area contributed by atoms with Gasteiger partial charge in [0.25, 0.3) is 0 Å². The number of hydrogen-bond donors (Lipinski definition) is 1. The largest absolute Gasteiger partial charge is 0.416 e. The molecule has 0 bridgehead atoms. The lowest BCUT2D eigenvalue weighted by Gasteiger charge is -2.32. The van der Waals surface area contributed by atoms with Gasteiger partial charge < -0.3 is 5.32 Å². The summed E-state index contributed by atoms with van der Waals surface area (Å²) in [5.74, 6) is 0. The van der Waals surface area contributed by atoms with Crippen molar-refractivity contribution in [2.24, 2.45) is 0 Å². The second kappa shape index (κ2) is 5.62. The Morgan fingerprint density at radius 1 is 1.04 bits per heavy atom. The Bertz CT molecular complexity index is 1000.